The third-order valence-electron chi connectivity index (χ3n) is 2.66. The standard InChI is InChI=1S/C16H14BrClO2/c1-10(2)20-13-6-3-11(4-7-13)16(19)14-8-5-12(17)9-15(14)18/h3-10H,1-2H3. The van der Waals surface area contributed by atoms with Crippen molar-refractivity contribution in [1.82, 2.24) is 0 Å². The third-order valence-corrected chi connectivity index (χ3v) is 3.47. The summed E-state index contributed by atoms with van der Waals surface area (Å²) in [6.07, 6.45) is 0.109. The number of ether oxygens (including phenoxy) is 1. The van der Waals surface area contributed by atoms with Gasteiger partial charge in [0.1, 0.15) is 5.75 Å². The lowest BCUT2D eigenvalue weighted by molar-refractivity contribution is 0.103. The number of hydrogen-bond acceptors (Lipinski definition) is 2. The van der Waals surface area contributed by atoms with Gasteiger partial charge in [0, 0.05) is 15.6 Å². The highest BCUT2D eigenvalue weighted by Gasteiger charge is 2.13. The molecule has 0 amide bonds. The summed E-state index contributed by atoms with van der Waals surface area (Å²) >= 11 is 9.42. The largest absolute Gasteiger partial charge is 0.491 e. The van der Waals surface area contributed by atoms with Gasteiger partial charge in [-0.15, -0.1) is 0 Å². The molecule has 2 aromatic rings. The monoisotopic (exact) mass is 352 g/mol. The highest BCUT2D eigenvalue weighted by molar-refractivity contribution is 9.10. The van der Waals surface area contributed by atoms with Crippen LogP contribution in [-0.4, -0.2) is 11.9 Å². The average molecular weight is 354 g/mol. The summed E-state index contributed by atoms with van der Waals surface area (Å²) in [7, 11) is 0. The zero-order chi connectivity index (χ0) is 14.7. The van der Waals surface area contributed by atoms with E-state index in [1.807, 2.05) is 13.8 Å². The Bertz CT molecular complexity index is 621. The summed E-state index contributed by atoms with van der Waals surface area (Å²) in [5.41, 5.74) is 1.08. The van der Waals surface area contributed by atoms with Crippen LogP contribution in [0.15, 0.2) is 46.9 Å². The molecule has 0 aliphatic heterocycles. The van der Waals surface area contributed by atoms with E-state index >= 15 is 0 Å². The number of carbonyl (C=O) groups excluding carboxylic acids is 1. The maximum atomic E-state index is 12.4. The van der Waals surface area contributed by atoms with Crippen LogP contribution in [-0.2, 0) is 0 Å². The van der Waals surface area contributed by atoms with Crippen molar-refractivity contribution in [2.24, 2.45) is 0 Å². The lowest BCUT2D eigenvalue weighted by Gasteiger charge is -2.10. The van der Waals surface area contributed by atoms with Crippen molar-refractivity contribution >= 4 is 33.3 Å². The van der Waals surface area contributed by atoms with Crippen molar-refractivity contribution in [3.63, 3.8) is 0 Å². The van der Waals surface area contributed by atoms with E-state index in [0.29, 0.717) is 16.1 Å². The van der Waals surface area contributed by atoms with E-state index in [-0.39, 0.29) is 11.9 Å². The predicted molar refractivity (Wildman–Crippen MR) is 84.8 cm³/mol. The third kappa shape index (κ3) is 3.62. The molecule has 0 fully saturated rings. The Morgan fingerprint density at radius 3 is 2.35 bits per heavy atom. The van der Waals surface area contributed by atoms with Crippen LogP contribution in [0.4, 0.5) is 0 Å². The lowest BCUT2D eigenvalue weighted by Crippen LogP contribution is -2.06. The highest BCUT2D eigenvalue weighted by Crippen LogP contribution is 2.24. The second-order valence-electron chi connectivity index (χ2n) is 4.64. The fraction of sp³-hybridized carbons (Fsp3) is 0.188. The minimum atomic E-state index is -0.0985. The molecule has 0 unspecified atom stereocenters. The zero-order valence-electron chi connectivity index (χ0n) is 11.2. The molecule has 104 valence electrons. The Balaban J connectivity index is 2.25. The smallest absolute Gasteiger partial charge is 0.194 e. The van der Waals surface area contributed by atoms with Crippen LogP contribution in [0.1, 0.15) is 29.8 Å². The molecule has 0 bridgehead atoms. The second-order valence-corrected chi connectivity index (χ2v) is 5.97. The van der Waals surface area contributed by atoms with Gasteiger partial charge in [-0.2, -0.15) is 0 Å². The summed E-state index contributed by atoms with van der Waals surface area (Å²) in [6, 6.07) is 12.3. The van der Waals surface area contributed by atoms with Crippen molar-refractivity contribution in [1.29, 1.82) is 0 Å². The maximum Gasteiger partial charge on any atom is 0.194 e. The molecular formula is C16H14BrClO2. The van der Waals surface area contributed by atoms with Crippen molar-refractivity contribution in [3.05, 3.63) is 63.1 Å². The van der Waals surface area contributed by atoms with Gasteiger partial charge in [-0.25, -0.2) is 0 Å². The fourth-order valence-electron chi connectivity index (χ4n) is 1.79. The molecule has 0 aliphatic rings. The summed E-state index contributed by atoms with van der Waals surface area (Å²) < 4.78 is 6.40. The first kappa shape index (κ1) is 15.1. The number of rotatable bonds is 4. The molecule has 0 atom stereocenters. The van der Waals surface area contributed by atoms with Crippen molar-refractivity contribution in [2.45, 2.75) is 20.0 Å². The molecule has 4 heteroatoms. The Morgan fingerprint density at radius 1 is 1.15 bits per heavy atom. The van der Waals surface area contributed by atoms with Crippen LogP contribution in [0, 0.1) is 0 Å². The van der Waals surface area contributed by atoms with Crippen LogP contribution in [0.2, 0.25) is 5.02 Å². The van der Waals surface area contributed by atoms with E-state index in [2.05, 4.69) is 15.9 Å². The number of carbonyl (C=O) groups is 1. The Morgan fingerprint density at radius 2 is 1.80 bits per heavy atom. The van der Waals surface area contributed by atoms with E-state index in [4.69, 9.17) is 16.3 Å². The zero-order valence-corrected chi connectivity index (χ0v) is 13.5. The van der Waals surface area contributed by atoms with Gasteiger partial charge >= 0.3 is 0 Å². The van der Waals surface area contributed by atoms with Crippen molar-refractivity contribution in [3.8, 4) is 5.75 Å². The molecule has 2 rings (SSSR count). The van der Waals surface area contributed by atoms with Crippen LogP contribution in [0.5, 0.6) is 5.75 Å². The second kappa shape index (κ2) is 6.42. The van der Waals surface area contributed by atoms with Crippen molar-refractivity contribution in [2.75, 3.05) is 0 Å². The average Bonchev–Trinajstić information content (AvgIpc) is 2.38. The molecule has 0 saturated heterocycles. The molecule has 0 saturated carbocycles. The minimum absolute atomic E-state index is 0.0985. The summed E-state index contributed by atoms with van der Waals surface area (Å²) in [5, 5.41) is 0.437. The molecule has 0 radical (unpaired) electrons. The van der Waals surface area contributed by atoms with Gasteiger partial charge in [0.2, 0.25) is 0 Å². The Hall–Kier alpha value is -1.32. The molecule has 0 aromatic heterocycles. The molecule has 0 N–H and O–H groups in total. The first-order valence-corrected chi connectivity index (χ1v) is 7.41. The number of hydrogen-bond donors (Lipinski definition) is 0. The number of ketones is 1. The van der Waals surface area contributed by atoms with E-state index < -0.39 is 0 Å². The van der Waals surface area contributed by atoms with E-state index in [1.165, 1.54) is 0 Å². The van der Waals surface area contributed by atoms with Gasteiger partial charge < -0.3 is 4.74 Å². The normalized spacial score (nSPS) is 10.7. The van der Waals surface area contributed by atoms with Gasteiger partial charge in [-0.05, 0) is 56.3 Å². The molecule has 20 heavy (non-hydrogen) atoms. The Kier molecular flexibility index (Phi) is 4.84. The summed E-state index contributed by atoms with van der Waals surface area (Å²) in [4.78, 5) is 12.4. The van der Waals surface area contributed by atoms with Gasteiger partial charge in [-0.3, -0.25) is 4.79 Å². The van der Waals surface area contributed by atoms with E-state index in [1.54, 1.807) is 42.5 Å². The van der Waals surface area contributed by atoms with Crippen LogP contribution in [0.3, 0.4) is 0 Å². The van der Waals surface area contributed by atoms with Gasteiger partial charge in [0.05, 0.1) is 11.1 Å². The Labute approximate surface area is 131 Å². The SMILES string of the molecule is CC(C)Oc1ccc(C(=O)c2ccc(Br)cc2Cl)cc1. The molecule has 0 spiro atoms. The van der Waals surface area contributed by atoms with Gasteiger partial charge in [0.25, 0.3) is 0 Å². The van der Waals surface area contributed by atoms with Crippen molar-refractivity contribution < 1.29 is 9.53 Å². The molecular weight excluding hydrogens is 340 g/mol. The van der Waals surface area contributed by atoms with Gasteiger partial charge in [0.15, 0.2) is 5.78 Å². The first-order valence-electron chi connectivity index (χ1n) is 6.24. The predicted octanol–water partition coefficient (Wildman–Crippen LogP) is 5.12. The number of benzene rings is 2. The number of halogens is 2. The maximum absolute atomic E-state index is 12.4. The quantitative estimate of drug-likeness (QED) is 0.713. The molecule has 2 aromatic carbocycles. The summed E-state index contributed by atoms with van der Waals surface area (Å²) in [6.45, 7) is 3.92. The van der Waals surface area contributed by atoms with E-state index in [0.717, 1.165) is 10.2 Å². The molecule has 2 nitrogen and oxygen atoms in total. The fourth-order valence-corrected chi connectivity index (χ4v) is 2.55. The molecule has 0 heterocycles. The minimum Gasteiger partial charge on any atom is -0.491 e. The van der Waals surface area contributed by atoms with Crippen LogP contribution in [0.25, 0.3) is 0 Å². The topological polar surface area (TPSA) is 26.3 Å². The summed E-state index contributed by atoms with van der Waals surface area (Å²) in [5.74, 6) is 0.650. The molecule has 0 aliphatic carbocycles. The highest BCUT2D eigenvalue weighted by atomic mass is 79.9. The van der Waals surface area contributed by atoms with Crippen LogP contribution < -0.4 is 4.74 Å². The van der Waals surface area contributed by atoms with Crippen LogP contribution >= 0.6 is 27.5 Å². The lowest BCUT2D eigenvalue weighted by atomic mass is 10.0. The van der Waals surface area contributed by atoms with Gasteiger partial charge in [-0.1, -0.05) is 27.5 Å². The first-order chi connectivity index (χ1) is 9.47. The van der Waals surface area contributed by atoms with E-state index in [9.17, 15) is 4.79 Å².